The Morgan fingerprint density at radius 3 is 2.93 bits per heavy atom. The van der Waals surface area contributed by atoms with Gasteiger partial charge in [-0.25, -0.2) is 9.07 Å². The van der Waals surface area contributed by atoms with Crippen molar-refractivity contribution in [2.75, 3.05) is 0 Å². The smallest absolute Gasteiger partial charge is 0.148 e. The van der Waals surface area contributed by atoms with Gasteiger partial charge in [0.15, 0.2) is 0 Å². The first kappa shape index (κ1) is 10.1. The van der Waals surface area contributed by atoms with Crippen molar-refractivity contribution in [2.45, 2.75) is 12.8 Å². The van der Waals surface area contributed by atoms with E-state index in [2.05, 4.69) is 10.3 Å². The molecule has 5 heteroatoms. The number of hydrogen-bond donors (Lipinski definition) is 0. The molecule has 2 aromatic rings. The molecular weight excluding hydrogens is 217 g/mol. The Kier molecular flexibility index (Phi) is 2.68. The van der Waals surface area contributed by atoms with Crippen LogP contribution in [0.2, 0.25) is 0 Å². The highest BCUT2D eigenvalue weighted by atomic mass is 35.5. The molecule has 1 aromatic heterocycles. The summed E-state index contributed by atoms with van der Waals surface area (Å²) in [5.41, 5.74) is 1.98. The van der Waals surface area contributed by atoms with Crippen molar-refractivity contribution in [1.29, 1.82) is 0 Å². The second kappa shape index (κ2) is 3.98. The third kappa shape index (κ3) is 1.99. The molecule has 0 saturated heterocycles. The maximum atomic E-state index is 13.4. The monoisotopic (exact) mass is 225 g/mol. The second-order valence-corrected chi connectivity index (χ2v) is 3.51. The van der Waals surface area contributed by atoms with Gasteiger partial charge < -0.3 is 0 Å². The molecule has 0 aliphatic heterocycles. The molecule has 1 heterocycles. The van der Waals surface area contributed by atoms with Gasteiger partial charge in [0.25, 0.3) is 0 Å². The first-order chi connectivity index (χ1) is 7.20. The minimum absolute atomic E-state index is 0.271. The van der Waals surface area contributed by atoms with E-state index < -0.39 is 0 Å². The second-order valence-electron chi connectivity index (χ2n) is 3.24. The van der Waals surface area contributed by atoms with Crippen molar-refractivity contribution in [3.05, 3.63) is 41.5 Å². The molecule has 0 fully saturated rings. The number of hydrogen-bond acceptors (Lipinski definition) is 2. The van der Waals surface area contributed by atoms with Crippen molar-refractivity contribution in [3.8, 4) is 5.69 Å². The number of aromatic nitrogens is 3. The predicted molar refractivity (Wildman–Crippen MR) is 55.6 cm³/mol. The molecule has 0 N–H and O–H groups in total. The maximum absolute atomic E-state index is 13.4. The first-order valence-corrected chi connectivity index (χ1v) is 4.98. The zero-order valence-electron chi connectivity index (χ0n) is 8.11. The maximum Gasteiger partial charge on any atom is 0.148 e. The number of rotatable bonds is 2. The van der Waals surface area contributed by atoms with Crippen molar-refractivity contribution < 1.29 is 4.39 Å². The minimum atomic E-state index is -0.327. The van der Waals surface area contributed by atoms with Crippen molar-refractivity contribution >= 4 is 11.6 Å². The Bertz CT molecular complexity index is 481. The van der Waals surface area contributed by atoms with Gasteiger partial charge in [0.1, 0.15) is 11.5 Å². The minimum Gasteiger partial charge on any atom is -0.217 e. The molecule has 2 rings (SSSR count). The molecule has 0 amide bonds. The number of benzene rings is 1. The van der Waals surface area contributed by atoms with Crippen LogP contribution in [0.1, 0.15) is 11.3 Å². The Morgan fingerprint density at radius 2 is 2.27 bits per heavy atom. The van der Waals surface area contributed by atoms with E-state index in [1.165, 1.54) is 10.7 Å². The summed E-state index contributed by atoms with van der Waals surface area (Å²) < 4.78 is 14.8. The van der Waals surface area contributed by atoms with Gasteiger partial charge >= 0.3 is 0 Å². The molecule has 0 unspecified atom stereocenters. The molecule has 0 spiro atoms. The average molecular weight is 226 g/mol. The van der Waals surface area contributed by atoms with E-state index in [9.17, 15) is 4.39 Å². The summed E-state index contributed by atoms with van der Waals surface area (Å²) in [4.78, 5) is 0. The fraction of sp³-hybridized carbons (Fsp3) is 0.200. The Balaban J connectivity index is 2.48. The van der Waals surface area contributed by atoms with Gasteiger partial charge in [-0.2, -0.15) is 0 Å². The Morgan fingerprint density at radius 1 is 1.47 bits per heavy atom. The summed E-state index contributed by atoms with van der Waals surface area (Å²) in [6, 6.07) is 4.83. The highest BCUT2D eigenvalue weighted by Crippen LogP contribution is 2.14. The average Bonchev–Trinajstić information content (AvgIpc) is 2.70. The van der Waals surface area contributed by atoms with E-state index in [0.29, 0.717) is 11.4 Å². The lowest BCUT2D eigenvalue weighted by Crippen LogP contribution is -1.98. The topological polar surface area (TPSA) is 30.7 Å². The van der Waals surface area contributed by atoms with E-state index in [1.54, 1.807) is 18.3 Å². The standard InChI is InChI=1S/C10H9ClFN3/c1-7-2-3-9(12)10(4-7)15-6-8(5-11)13-14-15/h2-4,6H,5H2,1H3. The van der Waals surface area contributed by atoms with Crippen molar-refractivity contribution in [3.63, 3.8) is 0 Å². The van der Waals surface area contributed by atoms with Crippen LogP contribution in [0.4, 0.5) is 4.39 Å². The van der Waals surface area contributed by atoms with Gasteiger partial charge in [0.05, 0.1) is 17.8 Å². The lowest BCUT2D eigenvalue weighted by atomic mass is 10.2. The molecule has 0 aliphatic carbocycles. The zero-order valence-corrected chi connectivity index (χ0v) is 8.87. The van der Waals surface area contributed by atoms with Crippen LogP contribution in [-0.4, -0.2) is 15.0 Å². The fourth-order valence-electron chi connectivity index (χ4n) is 1.28. The number of alkyl halides is 1. The zero-order chi connectivity index (χ0) is 10.8. The summed E-state index contributed by atoms with van der Waals surface area (Å²) in [5, 5.41) is 7.60. The lowest BCUT2D eigenvalue weighted by molar-refractivity contribution is 0.606. The van der Waals surface area contributed by atoms with Crippen molar-refractivity contribution in [1.82, 2.24) is 15.0 Å². The molecule has 0 radical (unpaired) electrons. The normalized spacial score (nSPS) is 10.6. The fourth-order valence-corrected chi connectivity index (χ4v) is 1.40. The number of aryl methyl sites for hydroxylation is 1. The molecule has 0 saturated carbocycles. The first-order valence-electron chi connectivity index (χ1n) is 4.44. The molecule has 0 aliphatic rings. The molecule has 3 nitrogen and oxygen atoms in total. The third-order valence-electron chi connectivity index (χ3n) is 2.03. The van der Waals surface area contributed by atoms with Crippen LogP contribution >= 0.6 is 11.6 Å². The highest BCUT2D eigenvalue weighted by Gasteiger charge is 2.07. The van der Waals surface area contributed by atoms with Crippen LogP contribution in [0.15, 0.2) is 24.4 Å². The van der Waals surface area contributed by atoms with Gasteiger partial charge in [0.2, 0.25) is 0 Å². The predicted octanol–water partition coefficient (Wildman–Crippen LogP) is 2.45. The van der Waals surface area contributed by atoms with Gasteiger partial charge in [0, 0.05) is 0 Å². The lowest BCUT2D eigenvalue weighted by Gasteiger charge is -2.02. The van der Waals surface area contributed by atoms with Crippen LogP contribution in [0.5, 0.6) is 0 Å². The largest absolute Gasteiger partial charge is 0.217 e. The van der Waals surface area contributed by atoms with Gasteiger partial charge in [-0.05, 0) is 24.6 Å². The van der Waals surface area contributed by atoms with Crippen LogP contribution in [0, 0.1) is 12.7 Å². The van der Waals surface area contributed by atoms with Crippen LogP contribution in [0.25, 0.3) is 5.69 Å². The van der Waals surface area contributed by atoms with Crippen LogP contribution in [0.3, 0.4) is 0 Å². The van der Waals surface area contributed by atoms with E-state index in [-0.39, 0.29) is 11.7 Å². The van der Waals surface area contributed by atoms with Crippen molar-refractivity contribution in [2.24, 2.45) is 0 Å². The molecule has 15 heavy (non-hydrogen) atoms. The van der Waals surface area contributed by atoms with E-state index in [4.69, 9.17) is 11.6 Å². The van der Waals surface area contributed by atoms with E-state index >= 15 is 0 Å². The summed E-state index contributed by atoms with van der Waals surface area (Å²) in [6.07, 6.45) is 1.62. The van der Waals surface area contributed by atoms with E-state index in [0.717, 1.165) is 5.56 Å². The summed E-state index contributed by atoms with van der Waals surface area (Å²) in [5.74, 6) is -0.0559. The van der Waals surface area contributed by atoms with E-state index in [1.807, 2.05) is 6.92 Å². The Labute approximate surface area is 91.5 Å². The summed E-state index contributed by atoms with van der Waals surface area (Å²) in [7, 11) is 0. The number of halogens is 2. The number of nitrogens with zero attached hydrogens (tertiary/aromatic N) is 3. The summed E-state index contributed by atoms with van der Waals surface area (Å²) >= 11 is 5.59. The van der Waals surface area contributed by atoms with Crippen LogP contribution in [-0.2, 0) is 5.88 Å². The SMILES string of the molecule is Cc1ccc(F)c(-n2cc(CCl)nn2)c1. The quantitative estimate of drug-likeness (QED) is 0.735. The van der Waals surface area contributed by atoms with Gasteiger partial charge in [-0.1, -0.05) is 11.3 Å². The third-order valence-corrected chi connectivity index (χ3v) is 2.30. The molecule has 78 valence electrons. The van der Waals surface area contributed by atoms with Gasteiger partial charge in [-0.15, -0.1) is 16.7 Å². The molecule has 1 aromatic carbocycles. The Hall–Kier alpha value is -1.42. The molecular formula is C10H9ClFN3. The summed E-state index contributed by atoms with van der Waals surface area (Å²) in [6.45, 7) is 1.89. The molecule has 0 atom stereocenters. The molecule has 0 bridgehead atoms. The van der Waals surface area contributed by atoms with Gasteiger partial charge in [-0.3, -0.25) is 0 Å². The van der Waals surface area contributed by atoms with Crippen LogP contribution < -0.4 is 0 Å². The highest BCUT2D eigenvalue weighted by molar-refractivity contribution is 6.16.